The highest BCUT2D eigenvalue weighted by atomic mass is 32.1. The van der Waals surface area contributed by atoms with Crippen LogP contribution in [-0.2, 0) is 0 Å². The first kappa shape index (κ1) is 16.4. The van der Waals surface area contributed by atoms with E-state index in [1.165, 1.54) is 12.1 Å². The summed E-state index contributed by atoms with van der Waals surface area (Å²) in [5.41, 5.74) is 1.70. The highest BCUT2D eigenvalue weighted by Crippen LogP contribution is 2.22. The number of benzene rings is 1. The van der Waals surface area contributed by atoms with Gasteiger partial charge in [0.2, 0.25) is 0 Å². The van der Waals surface area contributed by atoms with Crippen LogP contribution >= 0.6 is 11.3 Å². The summed E-state index contributed by atoms with van der Waals surface area (Å²) in [4.78, 5) is 9.11. The van der Waals surface area contributed by atoms with E-state index in [9.17, 15) is 9.50 Å². The number of aromatic nitrogens is 1. The zero-order valence-corrected chi connectivity index (χ0v) is 14.1. The highest BCUT2D eigenvalue weighted by Gasteiger charge is 2.20. The lowest BCUT2D eigenvalue weighted by Gasteiger charge is -2.24. The van der Waals surface area contributed by atoms with Gasteiger partial charge in [0.25, 0.3) is 0 Å². The molecule has 124 valence electrons. The fourth-order valence-corrected chi connectivity index (χ4v) is 3.75. The standard InChI is InChI=1S/C17H22FN3OS/c1-13-12-23-17(19-13)21-7-3-6-20(8-9-21)11-16(22)14-4-2-5-15(18)10-14/h2,4-5,10,12,16,22H,3,6-9,11H2,1H3/t16-/m1/s1. The molecule has 1 N–H and O–H groups in total. The number of hydrogen-bond donors (Lipinski definition) is 1. The first-order valence-electron chi connectivity index (χ1n) is 7.95. The van der Waals surface area contributed by atoms with E-state index in [2.05, 4.69) is 20.2 Å². The topological polar surface area (TPSA) is 39.6 Å². The smallest absolute Gasteiger partial charge is 0.185 e. The number of thiazole rings is 1. The lowest BCUT2D eigenvalue weighted by molar-refractivity contribution is 0.117. The number of rotatable bonds is 4. The van der Waals surface area contributed by atoms with E-state index in [1.54, 1.807) is 23.5 Å². The number of nitrogens with zero attached hydrogens (tertiary/aromatic N) is 3. The van der Waals surface area contributed by atoms with Gasteiger partial charge in [0.15, 0.2) is 5.13 Å². The monoisotopic (exact) mass is 335 g/mol. The van der Waals surface area contributed by atoms with Crippen molar-refractivity contribution in [2.75, 3.05) is 37.6 Å². The molecule has 0 aliphatic carbocycles. The summed E-state index contributed by atoms with van der Waals surface area (Å²) >= 11 is 1.68. The number of aliphatic hydroxyl groups excluding tert-OH is 1. The van der Waals surface area contributed by atoms with Crippen molar-refractivity contribution in [3.05, 3.63) is 46.7 Å². The molecule has 0 spiro atoms. The van der Waals surface area contributed by atoms with Crippen molar-refractivity contribution in [2.45, 2.75) is 19.4 Å². The van der Waals surface area contributed by atoms with Crippen molar-refractivity contribution in [2.24, 2.45) is 0 Å². The van der Waals surface area contributed by atoms with Gasteiger partial charge in [0.05, 0.1) is 11.8 Å². The second kappa shape index (κ2) is 7.38. The van der Waals surface area contributed by atoms with Gasteiger partial charge < -0.3 is 10.0 Å². The van der Waals surface area contributed by atoms with Gasteiger partial charge in [-0.3, -0.25) is 4.90 Å². The summed E-state index contributed by atoms with van der Waals surface area (Å²) in [7, 11) is 0. The number of β-amino-alcohol motifs (C(OH)–C–C–N with tert-alkyl or cyclic N) is 1. The van der Waals surface area contributed by atoms with Crippen molar-refractivity contribution in [1.82, 2.24) is 9.88 Å². The third kappa shape index (κ3) is 4.28. The van der Waals surface area contributed by atoms with Gasteiger partial charge >= 0.3 is 0 Å². The quantitative estimate of drug-likeness (QED) is 0.933. The number of aliphatic hydroxyl groups is 1. The third-order valence-corrected chi connectivity index (χ3v) is 5.15. The first-order chi connectivity index (χ1) is 11.1. The van der Waals surface area contributed by atoms with Crippen LogP contribution in [0.3, 0.4) is 0 Å². The second-order valence-electron chi connectivity index (χ2n) is 5.98. The maximum absolute atomic E-state index is 13.3. The zero-order chi connectivity index (χ0) is 16.2. The molecule has 1 aromatic carbocycles. The third-order valence-electron chi connectivity index (χ3n) is 4.13. The molecule has 0 saturated carbocycles. The minimum atomic E-state index is -0.653. The highest BCUT2D eigenvalue weighted by molar-refractivity contribution is 7.13. The molecule has 1 aromatic heterocycles. The summed E-state index contributed by atoms with van der Waals surface area (Å²) in [5.74, 6) is -0.303. The van der Waals surface area contributed by atoms with E-state index in [0.29, 0.717) is 12.1 Å². The Morgan fingerprint density at radius 3 is 2.91 bits per heavy atom. The Bertz CT molecular complexity index is 648. The summed E-state index contributed by atoms with van der Waals surface area (Å²) in [6, 6.07) is 6.22. The van der Waals surface area contributed by atoms with Crippen molar-refractivity contribution in [3.63, 3.8) is 0 Å². The molecular formula is C17H22FN3OS. The first-order valence-corrected chi connectivity index (χ1v) is 8.83. The van der Waals surface area contributed by atoms with Crippen molar-refractivity contribution >= 4 is 16.5 Å². The molecule has 2 heterocycles. The molecule has 0 radical (unpaired) electrons. The second-order valence-corrected chi connectivity index (χ2v) is 6.82. The fraction of sp³-hybridized carbons (Fsp3) is 0.471. The Labute approximate surface area is 140 Å². The maximum atomic E-state index is 13.3. The van der Waals surface area contributed by atoms with E-state index in [0.717, 1.165) is 43.4 Å². The van der Waals surface area contributed by atoms with Crippen LogP contribution < -0.4 is 4.90 Å². The fourth-order valence-electron chi connectivity index (χ4n) is 2.90. The Morgan fingerprint density at radius 2 is 2.17 bits per heavy atom. The molecule has 1 aliphatic rings. The van der Waals surface area contributed by atoms with Crippen LogP contribution in [0.25, 0.3) is 0 Å². The summed E-state index contributed by atoms with van der Waals surface area (Å²) in [6.45, 7) is 6.26. The average molecular weight is 335 g/mol. The van der Waals surface area contributed by atoms with Crippen LogP contribution in [0.2, 0.25) is 0 Å². The van der Waals surface area contributed by atoms with Gasteiger partial charge in [-0.2, -0.15) is 0 Å². The molecule has 0 unspecified atom stereocenters. The van der Waals surface area contributed by atoms with Crippen molar-refractivity contribution in [3.8, 4) is 0 Å². The predicted molar refractivity (Wildman–Crippen MR) is 91.5 cm³/mol. The lowest BCUT2D eigenvalue weighted by atomic mass is 10.1. The molecule has 3 rings (SSSR count). The normalized spacial score (nSPS) is 18.0. The van der Waals surface area contributed by atoms with E-state index in [-0.39, 0.29) is 5.82 Å². The zero-order valence-electron chi connectivity index (χ0n) is 13.3. The summed E-state index contributed by atoms with van der Waals surface area (Å²) < 4.78 is 13.3. The van der Waals surface area contributed by atoms with Gasteiger partial charge in [-0.15, -0.1) is 11.3 Å². The van der Waals surface area contributed by atoms with Crippen LogP contribution in [0, 0.1) is 12.7 Å². The SMILES string of the molecule is Cc1csc(N2CCCN(C[C@@H](O)c3cccc(F)c3)CC2)n1. The molecule has 23 heavy (non-hydrogen) atoms. The number of hydrogen-bond acceptors (Lipinski definition) is 5. The molecule has 1 atom stereocenters. The molecule has 1 saturated heterocycles. The Kier molecular flexibility index (Phi) is 5.25. The molecule has 6 heteroatoms. The Hall–Kier alpha value is -1.50. The predicted octanol–water partition coefficient (Wildman–Crippen LogP) is 2.84. The van der Waals surface area contributed by atoms with Gasteiger partial charge in [0.1, 0.15) is 5.82 Å². The minimum absolute atomic E-state index is 0.303. The molecule has 1 fully saturated rings. The van der Waals surface area contributed by atoms with Crippen molar-refractivity contribution in [1.29, 1.82) is 0 Å². The molecule has 1 aliphatic heterocycles. The van der Waals surface area contributed by atoms with Gasteiger partial charge in [-0.05, 0) is 31.0 Å². The Balaban J connectivity index is 1.57. The molecular weight excluding hydrogens is 313 g/mol. The van der Waals surface area contributed by atoms with Crippen LogP contribution in [0.15, 0.2) is 29.6 Å². The lowest BCUT2D eigenvalue weighted by Crippen LogP contribution is -2.33. The van der Waals surface area contributed by atoms with Crippen LogP contribution in [0.4, 0.5) is 9.52 Å². The van der Waals surface area contributed by atoms with Gasteiger partial charge in [0, 0.05) is 38.1 Å². The van der Waals surface area contributed by atoms with E-state index < -0.39 is 6.10 Å². The van der Waals surface area contributed by atoms with Crippen LogP contribution in [0.1, 0.15) is 23.8 Å². The van der Waals surface area contributed by atoms with Crippen LogP contribution in [-0.4, -0.2) is 47.7 Å². The van der Waals surface area contributed by atoms with E-state index >= 15 is 0 Å². The molecule has 2 aromatic rings. The molecule has 0 amide bonds. The summed E-state index contributed by atoms with van der Waals surface area (Å²) in [5, 5.41) is 13.5. The van der Waals surface area contributed by atoms with E-state index in [4.69, 9.17) is 0 Å². The van der Waals surface area contributed by atoms with Crippen molar-refractivity contribution < 1.29 is 9.50 Å². The molecule has 0 bridgehead atoms. The maximum Gasteiger partial charge on any atom is 0.185 e. The number of aryl methyl sites for hydroxylation is 1. The largest absolute Gasteiger partial charge is 0.387 e. The minimum Gasteiger partial charge on any atom is -0.387 e. The Morgan fingerprint density at radius 1 is 1.30 bits per heavy atom. The molecule has 4 nitrogen and oxygen atoms in total. The summed E-state index contributed by atoms with van der Waals surface area (Å²) in [6.07, 6.45) is 0.383. The number of anilines is 1. The van der Waals surface area contributed by atoms with Crippen LogP contribution in [0.5, 0.6) is 0 Å². The van der Waals surface area contributed by atoms with Gasteiger partial charge in [-0.25, -0.2) is 9.37 Å². The van der Waals surface area contributed by atoms with Gasteiger partial charge in [-0.1, -0.05) is 12.1 Å². The average Bonchev–Trinajstić information content (AvgIpc) is 2.83. The number of halogens is 1. The van der Waals surface area contributed by atoms with E-state index in [1.807, 2.05) is 6.92 Å².